The third-order valence-electron chi connectivity index (χ3n) is 3.30. The van der Waals surface area contributed by atoms with E-state index in [2.05, 4.69) is 0 Å². The third-order valence-corrected chi connectivity index (χ3v) is 3.30. The molecule has 0 aromatic carbocycles. The minimum absolute atomic E-state index is 0.324. The molecular formula is C12H25NO5. The molecule has 1 heterocycles. The predicted octanol–water partition coefficient (Wildman–Crippen LogP) is -0.277. The van der Waals surface area contributed by atoms with E-state index in [1.807, 2.05) is 20.8 Å². The molecular weight excluding hydrogens is 238 g/mol. The van der Waals surface area contributed by atoms with Crippen molar-refractivity contribution in [1.29, 1.82) is 0 Å². The van der Waals surface area contributed by atoms with Crippen LogP contribution < -0.4 is 0 Å². The maximum Gasteiger partial charge on any atom is 0.139 e. The van der Waals surface area contributed by atoms with Gasteiger partial charge in [0.05, 0.1) is 19.8 Å². The van der Waals surface area contributed by atoms with E-state index >= 15 is 0 Å². The monoisotopic (exact) mass is 263 g/mol. The van der Waals surface area contributed by atoms with Crippen LogP contribution in [0.3, 0.4) is 0 Å². The van der Waals surface area contributed by atoms with Gasteiger partial charge in [-0.2, -0.15) is 5.06 Å². The van der Waals surface area contributed by atoms with E-state index in [0.29, 0.717) is 0 Å². The Morgan fingerprint density at radius 2 is 1.78 bits per heavy atom. The number of ether oxygens (including phenoxy) is 1. The van der Waals surface area contributed by atoms with Crippen LogP contribution in [-0.2, 0) is 9.57 Å². The Hall–Kier alpha value is -0.240. The number of hydrogen-bond donors (Lipinski definition) is 3. The summed E-state index contributed by atoms with van der Waals surface area (Å²) in [4.78, 5) is 5.33. The summed E-state index contributed by atoms with van der Waals surface area (Å²) in [6.07, 6.45) is -3.37. The Morgan fingerprint density at radius 3 is 2.17 bits per heavy atom. The number of nitrogens with zero attached hydrogens (tertiary/aromatic N) is 1. The first-order valence-corrected chi connectivity index (χ1v) is 6.20. The highest BCUT2D eigenvalue weighted by Crippen LogP contribution is 2.31. The van der Waals surface area contributed by atoms with Gasteiger partial charge in [-0.3, -0.25) is 4.84 Å². The summed E-state index contributed by atoms with van der Waals surface area (Å²) in [5.41, 5.74) is -0.324. The number of hydroxylamine groups is 2. The Bertz CT molecular complexity index is 266. The number of rotatable bonds is 3. The van der Waals surface area contributed by atoms with Gasteiger partial charge in [0.1, 0.15) is 18.4 Å². The van der Waals surface area contributed by atoms with Crippen LogP contribution in [0.5, 0.6) is 0 Å². The summed E-state index contributed by atoms with van der Waals surface area (Å²) in [6, 6.07) is 0. The smallest absolute Gasteiger partial charge is 0.139 e. The standard InChI is InChI=1S/C12H25NO5/c1-7-9(15)10(16)8(6-14)18-11(7)13(17-5)12(2,3)4/h7-11,14-16H,6H2,1-5H3/t7?,8?,9-,10+,11+/m1/s1. The van der Waals surface area contributed by atoms with Gasteiger partial charge in [-0.05, 0) is 20.8 Å². The highest BCUT2D eigenvalue weighted by atomic mass is 16.7. The largest absolute Gasteiger partial charge is 0.394 e. The van der Waals surface area contributed by atoms with Crippen molar-refractivity contribution in [3.05, 3.63) is 0 Å². The zero-order valence-electron chi connectivity index (χ0n) is 11.7. The van der Waals surface area contributed by atoms with Crippen molar-refractivity contribution < 1.29 is 24.9 Å². The molecule has 0 saturated carbocycles. The first-order valence-electron chi connectivity index (χ1n) is 6.20. The summed E-state index contributed by atoms with van der Waals surface area (Å²) in [5, 5.41) is 30.6. The summed E-state index contributed by atoms with van der Waals surface area (Å²) >= 11 is 0. The van der Waals surface area contributed by atoms with Gasteiger partial charge in [0, 0.05) is 11.5 Å². The molecule has 1 rings (SSSR count). The van der Waals surface area contributed by atoms with Gasteiger partial charge < -0.3 is 20.1 Å². The van der Waals surface area contributed by atoms with E-state index in [9.17, 15) is 15.3 Å². The molecule has 2 unspecified atom stereocenters. The molecule has 1 fully saturated rings. The molecule has 108 valence electrons. The minimum Gasteiger partial charge on any atom is -0.394 e. The van der Waals surface area contributed by atoms with Crippen LogP contribution in [0.15, 0.2) is 0 Å². The zero-order valence-corrected chi connectivity index (χ0v) is 11.7. The van der Waals surface area contributed by atoms with E-state index in [1.165, 1.54) is 7.11 Å². The van der Waals surface area contributed by atoms with Crippen molar-refractivity contribution in [1.82, 2.24) is 5.06 Å². The van der Waals surface area contributed by atoms with Gasteiger partial charge in [0.25, 0.3) is 0 Å². The topological polar surface area (TPSA) is 82.4 Å². The molecule has 0 amide bonds. The Balaban J connectivity index is 2.93. The SMILES string of the molecule is CON([C@H]1OC(CO)[C@H](O)[C@H](O)C1C)C(C)(C)C. The second-order valence-corrected chi connectivity index (χ2v) is 5.77. The number of aliphatic hydroxyl groups excluding tert-OH is 3. The number of hydrogen-bond acceptors (Lipinski definition) is 6. The van der Waals surface area contributed by atoms with Crippen LogP contribution in [0.25, 0.3) is 0 Å². The van der Waals surface area contributed by atoms with E-state index in [-0.39, 0.29) is 18.1 Å². The molecule has 1 aliphatic rings. The van der Waals surface area contributed by atoms with E-state index in [4.69, 9.17) is 9.57 Å². The van der Waals surface area contributed by atoms with Crippen molar-refractivity contribution in [2.45, 2.75) is 57.8 Å². The van der Waals surface area contributed by atoms with E-state index < -0.39 is 24.5 Å². The normalized spacial score (nSPS) is 38.2. The molecule has 6 nitrogen and oxygen atoms in total. The fourth-order valence-electron chi connectivity index (χ4n) is 2.26. The Morgan fingerprint density at radius 1 is 1.22 bits per heavy atom. The summed E-state index contributed by atoms with van der Waals surface area (Å²) in [7, 11) is 1.53. The Kier molecular flexibility index (Phi) is 5.11. The molecule has 5 atom stereocenters. The molecule has 0 aromatic rings. The first-order chi connectivity index (χ1) is 8.23. The van der Waals surface area contributed by atoms with Crippen LogP contribution in [-0.4, -0.2) is 64.2 Å². The maximum absolute atomic E-state index is 10.0. The molecule has 0 aromatic heterocycles. The summed E-state index contributed by atoms with van der Waals surface area (Å²) in [5.74, 6) is -0.332. The van der Waals surface area contributed by atoms with Crippen LogP contribution in [0.1, 0.15) is 27.7 Å². The maximum atomic E-state index is 10.0. The first kappa shape index (κ1) is 15.8. The van der Waals surface area contributed by atoms with Gasteiger partial charge in [-0.1, -0.05) is 6.92 Å². The fraction of sp³-hybridized carbons (Fsp3) is 1.00. The molecule has 6 heteroatoms. The van der Waals surface area contributed by atoms with E-state index in [0.717, 1.165) is 0 Å². The average molecular weight is 263 g/mol. The third kappa shape index (κ3) is 3.01. The van der Waals surface area contributed by atoms with E-state index in [1.54, 1.807) is 12.0 Å². The lowest BCUT2D eigenvalue weighted by Gasteiger charge is -2.48. The molecule has 1 aliphatic heterocycles. The van der Waals surface area contributed by atoms with Crippen molar-refractivity contribution in [3.8, 4) is 0 Å². The summed E-state index contributed by atoms with van der Waals surface area (Å²) in [6.45, 7) is 7.31. The highest BCUT2D eigenvalue weighted by molar-refractivity contribution is 4.90. The number of aliphatic hydroxyl groups is 3. The molecule has 1 saturated heterocycles. The molecule has 0 bridgehead atoms. The van der Waals surface area contributed by atoms with Crippen LogP contribution in [0, 0.1) is 5.92 Å². The Labute approximate surface area is 108 Å². The lowest BCUT2D eigenvalue weighted by molar-refractivity contribution is -0.338. The predicted molar refractivity (Wildman–Crippen MR) is 65.5 cm³/mol. The quantitative estimate of drug-likeness (QED) is 0.608. The molecule has 0 radical (unpaired) electrons. The van der Waals surface area contributed by atoms with Gasteiger partial charge in [-0.15, -0.1) is 0 Å². The van der Waals surface area contributed by atoms with Gasteiger partial charge in [0.2, 0.25) is 0 Å². The van der Waals surface area contributed by atoms with Gasteiger partial charge in [0.15, 0.2) is 0 Å². The van der Waals surface area contributed by atoms with Gasteiger partial charge in [-0.25, -0.2) is 0 Å². The minimum atomic E-state index is -1.08. The molecule has 0 spiro atoms. The molecule has 0 aliphatic carbocycles. The fourth-order valence-corrected chi connectivity index (χ4v) is 2.26. The molecule has 18 heavy (non-hydrogen) atoms. The van der Waals surface area contributed by atoms with Crippen molar-refractivity contribution >= 4 is 0 Å². The lowest BCUT2D eigenvalue weighted by atomic mass is 9.90. The van der Waals surface area contributed by atoms with Crippen LogP contribution in [0.4, 0.5) is 0 Å². The van der Waals surface area contributed by atoms with Gasteiger partial charge >= 0.3 is 0 Å². The van der Waals surface area contributed by atoms with Crippen molar-refractivity contribution in [2.75, 3.05) is 13.7 Å². The average Bonchev–Trinajstić information content (AvgIpc) is 2.28. The summed E-state index contributed by atoms with van der Waals surface area (Å²) < 4.78 is 5.65. The van der Waals surface area contributed by atoms with Crippen LogP contribution in [0.2, 0.25) is 0 Å². The lowest BCUT2D eigenvalue weighted by Crippen LogP contribution is -2.62. The highest BCUT2D eigenvalue weighted by Gasteiger charge is 2.46. The zero-order chi connectivity index (χ0) is 14.1. The second kappa shape index (κ2) is 5.81. The van der Waals surface area contributed by atoms with Crippen molar-refractivity contribution in [3.63, 3.8) is 0 Å². The second-order valence-electron chi connectivity index (χ2n) is 5.77. The molecule has 3 N–H and O–H groups in total. The van der Waals surface area contributed by atoms with Crippen LogP contribution >= 0.6 is 0 Å². The van der Waals surface area contributed by atoms with Crippen molar-refractivity contribution in [2.24, 2.45) is 5.92 Å².